The topological polar surface area (TPSA) is 48.0 Å². The van der Waals surface area contributed by atoms with Crippen LogP contribution in [0.4, 0.5) is 0 Å². The summed E-state index contributed by atoms with van der Waals surface area (Å²) in [4.78, 5) is 10.6. The van der Waals surface area contributed by atoms with Gasteiger partial charge in [-0.3, -0.25) is 0 Å². The standard InChI is InChI=1S/C57H37N5/c1-5-17-38(18-6-1)49-37-50(39-29-32-45(33-30-39)61-51-27-15-13-25-47(51)48-26-14-16-28-52(48)61)59-57(58-49)43-31-34-46-44(35-43)36-53(40-19-7-2-8-20-40)62-56(46)54(41-21-9-3-10-22-41)55(60-62)42-23-11-4-12-24-42/h1-37H. The van der Waals surface area contributed by atoms with Gasteiger partial charge in [0.2, 0.25) is 0 Å². The SMILES string of the molecule is c1ccc(-c2cc(-c3ccc(-n4c5ccccc5c5ccccc54)cc3)nc(-c3ccc4c(c3)cc(-c3ccccc3)n3nc(-c5ccccc5)c(-c5ccccc5)c43)n2)cc1. The van der Waals surface area contributed by atoms with E-state index in [2.05, 4.69) is 227 Å². The van der Waals surface area contributed by atoms with Crippen LogP contribution >= 0.6 is 0 Å². The molecule has 4 heterocycles. The van der Waals surface area contributed by atoms with Crippen LogP contribution in [0.15, 0.2) is 224 Å². The molecular weight excluding hydrogens is 755 g/mol. The summed E-state index contributed by atoms with van der Waals surface area (Å²) in [6.45, 7) is 0. The highest BCUT2D eigenvalue weighted by Crippen LogP contribution is 2.42. The molecule has 0 saturated carbocycles. The van der Waals surface area contributed by atoms with Crippen molar-refractivity contribution >= 4 is 38.1 Å². The Morgan fingerprint density at radius 3 is 1.47 bits per heavy atom. The predicted molar refractivity (Wildman–Crippen MR) is 255 cm³/mol. The Labute approximate surface area is 358 Å². The van der Waals surface area contributed by atoms with Crippen molar-refractivity contribution in [2.75, 3.05) is 0 Å². The maximum Gasteiger partial charge on any atom is 0.160 e. The molecule has 8 aromatic carbocycles. The lowest BCUT2D eigenvalue weighted by Gasteiger charge is -2.13. The summed E-state index contributed by atoms with van der Waals surface area (Å²) in [5, 5.41) is 10.1. The first-order valence-electron chi connectivity index (χ1n) is 20.9. The molecule has 0 aliphatic heterocycles. The zero-order valence-corrected chi connectivity index (χ0v) is 33.6. The van der Waals surface area contributed by atoms with Crippen molar-refractivity contribution in [2.45, 2.75) is 0 Å². The van der Waals surface area contributed by atoms with Crippen LogP contribution in [0.2, 0.25) is 0 Å². The Morgan fingerprint density at radius 2 is 0.855 bits per heavy atom. The van der Waals surface area contributed by atoms with Crippen LogP contribution in [0, 0.1) is 0 Å². The highest BCUT2D eigenvalue weighted by Gasteiger charge is 2.22. The van der Waals surface area contributed by atoms with E-state index in [1.807, 2.05) is 6.07 Å². The average molecular weight is 792 g/mol. The molecule has 4 aromatic heterocycles. The largest absolute Gasteiger partial charge is 0.309 e. The molecule has 290 valence electrons. The van der Waals surface area contributed by atoms with E-state index in [9.17, 15) is 0 Å². The van der Waals surface area contributed by atoms with Gasteiger partial charge in [0.15, 0.2) is 5.82 Å². The van der Waals surface area contributed by atoms with Crippen LogP contribution < -0.4 is 0 Å². The number of benzene rings is 8. The zero-order valence-electron chi connectivity index (χ0n) is 33.6. The molecule has 0 radical (unpaired) electrons. The summed E-state index contributed by atoms with van der Waals surface area (Å²) in [6, 6.07) is 79.0. The molecule has 0 spiro atoms. The molecule has 5 heteroatoms. The Bertz CT molecular complexity index is 3540. The van der Waals surface area contributed by atoms with Gasteiger partial charge in [0.05, 0.1) is 33.6 Å². The smallest absolute Gasteiger partial charge is 0.160 e. The zero-order chi connectivity index (χ0) is 41.0. The van der Waals surface area contributed by atoms with Crippen molar-refractivity contribution in [3.63, 3.8) is 0 Å². The van der Waals surface area contributed by atoms with Crippen molar-refractivity contribution in [3.8, 4) is 73.2 Å². The normalized spacial score (nSPS) is 11.5. The van der Waals surface area contributed by atoms with Gasteiger partial charge in [-0.15, -0.1) is 0 Å². The summed E-state index contributed by atoms with van der Waals surface area (Å²) in [7, 11) is 0. The van der Waals surface area contributed by atoms with E-state index in [0.717, 1.165) is 83.7 Å². The van der Waals surface area contributed by atoms with Crippen LogP contribution in [0.5, 0.6) is 0 Å². The Morgan fingerprint density at radius 1 is 0.355 bits per heavy atom. The average Bonchev–Trinajstić information content (AvgIpc) is 3.92. The molecule has 5 nitrogen and oxygen atoms in total. The fraction of sp³-hybridized carbons (Fsp3) is 0. The summed E-state index contributed by atoms with van der Waals surface area (Å²) in [5.74, 6) is 0.664. The summed E-state index contributed by atoms with van der Waals surface area (Å²) in [5.41, 5.74) is 15.6. The highest BCUT2D eigenvalue weighted by molar-refractivity contribution is 6.10. The molecule has 0 aliphatic carbocycles. The quantitative estimate of drug-likeness (QED) is 0.162. The molecule has 12 aromatic rings. The number of para-hydroxylation sites is 2. The molecule has 0 bridgehead atoms. The van der Waals surface area contributed by atoms with E-state index in [-0.39, 0.29) is 0 Å². The van der Waals surface area contributed by atoms with Gasteiger partial charge < -0.3 is 4.57 Å². The molecule has 0 unspecified atom stereocenters. The van der Waals surface area contributed by atoms with E-state index < -0.39 is 0 Å². The molecule has 62 heavy (non-hydrogen) atoms. The molecular formula is C57H37N5. The Hall–Kier alpha value is -8.41. The fourth-order valence-electron chi connectivity index (χ4n) is 9.04. The van der Waals surface area contributed by atoms with Crippen molar-refractivity contribution < 1.29 is 0 Å². The number of aromatic nitrogens is 5. The second-order valence-corrected chi connectivity index (χ2v) is 15.7. The maximum atomic E-state index is 5.40. The third-order valence-electron chi connectivity index (χ3n) is 11.9. The van der Waals surface area contributed by atoms with Crippen LogP contribution in [-0.4, -0.2) is 24.1 Å². The minimum absolute atomic E-state index is 0.664. The molecule has 0 saturated heterocycles. The number of hydrogen-bond acceptors (Lipinski definition) is 3. The predicted octanol–water partition coefficient (Wildman–Crippen LogP) is 14.4. The van der Waals surface area contributed by atoms with Gasteiger partial charge in [-0.1, -0.05) is 182 Å². The minimum Gasteiger partial charge on any atom is -0.309 e. The lowest BCUT2D eigenvalue weighted by molar-refractivity contribution is 0.979. The van der Waals surface area contributed by atoms with Crippen molar-refractivity contribution in [1.29, 1.82) is 0 Å². The number of pyridine rings is 1. The van der Waals surface area contributed by atoms with Gasteiger partial charge in [-0.2, -0.15) is 5.10 Å². The fourth-order valence-corrected chi connectivity index (χ4v) is 9.04. The minimum atomic E-state index is 0.664. The van der Waals surface area contributed by atoms with Gasteiger partial charge >= 0.3 is 0 Å². The first kappa shape index (κ1) is 35.5. The Kier molecular flexibility index (Phi) is 8.42. The van der Waals surface area contributed by atoms with Gasteiger partial charge in [-0.05, 0) is 53.4 Å². The van der Waals surface area contributed by atoms with Gasteiger partial charge in [-0.25, -0.2) is 14.5 Å². The molecule has 0 amide bonds. The van der Waals surface area contributed by atoms with Crippen molar-refractivity contribution in [2.24, 2.45) is 0 Å². The summed E-state index contributed by atoms with van der Waals surface area (Å²) >= 11 is 0. The first-order valence-corrected chi connectivity index (χ1v) is 20.9. The van der Waals surface area contributed by atoms with Crippen LogP contribution in [0.25, 0.3) is 111 Å². The van der Waals surface area contributed by atoms with E-state index in [4.69, 9.17) is 15.1 Å². The Balaban J connectivity index is 1.05. The molecule has 12 rings (SSSR count). The van der Waals surface area contributed by atoms with Crippen molar-refractivity contribution in [3.05, 3.63) is 224 Å². The third-order valence-corrected chi connectivity index (χ3v) is 11.9. The molecule has 0 aliphatic rings. The van der Waals surface area contributed by atoms with E-state index >= 15 is 0 Å². The monoisotopic (exact) mass is 791 g/mol. The summed E-state index contributed by atoms with van der Waals surface area (Å²) in [6.07, 6.45) is 0. The molecule has 0 atom stereocenters. The number of fused-ring (bicyclic) bond motifs is 6. The van der Waals surface area contributed by atoms with Crippen LogP contribution in [0.1, 0.15) is 0 Å². The van der Waals surface area contributed by atoms with Gasteiger partial charge in [0, 0.05) is 55.2 Å². The second kappa shape index (κ2) is 14.7. The van der Waals surface area contributed by atoms with Crippen LogP contribution in [0.3, 0.4) is 0 Å². The van der Waals surface area contributed by atoms with Crippen molar-refractivity contribution in [1.82, 2.24) is 24.1 Å². The van der Waals surface area contributed by atoms with E-state index in [0.29, 0.717) is 5.82 Å². The number of nitrogens with zero attached hydrogens (tertiary/aromatic N) is 5. The third kappa shape index (κ3) is 5.98. The number of hydrogen-bond donors (Lipinski definition) is 0. The lowest BCUT2D eigenvalue weighted by Crippen LogP contribution is -1.98. The lowest BCUT2D eigenvalue weighted by atomic mass is 9.96. The first-order chi connectivity index (χ1) is 30.7. The number of rotatable bonds is 7. The summed E-state index contributed by atoms with van der Waals surface area (Å²) < 4.78 is 4.48. The van der Waals surface area contributed by atoms with Crippen LogP contribution in [-0.2, 0) is 0 Å². The highest BCUT2D eigenvalue weighted by atomic mass is 15.2. The second-order valence-electron chi connectivity index (χ2n) is 15.7. The molecule has 0 N–H and O–H groups in total. The maximum absolute atomic E-state index is 5.40. The molecule has 0 fully saturated rings. The van der Waals surface area contributed by atoms with Gasteiger partial charge in [0.25, 0.3) is 0 Å². The van der Waals surface area contributed by atoms with E-state index in [1.165, 1.54) is 21.8 Å². The van der Waals surface area contributed by atoms with Gasteiger partial charge in [0.1, 0.15) is 5.69 Å². The van der Waals surface area contributed by atoms with E-state index in [1.54, 1.807) is 0 Å².